The van der Waals surface area contributed by atoms with Crippen LogP contribution in [0.5, 0.6) is 0 Å². The first-order chi connectivity index (χ1) is 8.28. The minimum atomic E-state index is -0.163. The minimum Gasteiger partial charge on any atom is -0.379 e. The van der Waals surface area contributed by atoms with Crippen LogP contribution in [0.3, 0.4) is 0 Å². The fraction of sp³-hybridized carbons (Fsp3) is 0.786. The Hall–Kier alpha value is -0.450. The van der Waals surface area contributed by atoms with Crippen LogP contribution < -0.4 is 5.32 Å². The van der Waals surface area contributed by atoms with E-state index in [-0.39, 0.29) is 11.1 Å². The summed E-state index contributed by atoms with van der Waals surface area (Å²) in [7, 11) is 3.76. The molecule has 0 amide bonds. The highest BCUT2D eigenvalue weighted by atomic mass is 32.1. The second-order valence-electron chi connectivity index (χ2n) is 5.60. The predicted octanol–water partition coefficient (Wildman–Crippen LogP) is 3.26. The lowest BCUT2D eigenvalue weighted by atomic mass is 9.88. The molecule has 0 saturated heterocycles. The van der Waals surface area contributed by atoms with E-state index in [4.69, 9.17) is 9.72 Å². The summed E-state index contributed by atoms with van der Waals surface area (Å²) in [5.41, 5.74) is 0.915. The molecule has 4 heteroatoms. The Kier molecular flexibility index (Phi) is 4.92. The summed E-state index contributed by atoms with van der Waals surface area (Å²) >= 11 is 1.79. The molecular formula is C14H26N2OS. The lowest BCUT2D eigenvalue weighted by Gasteiger charge is -2.35. The van der Waals surface area contributed by atoms with Gasteiger partial charge in [-0.1, -0.05) is 6.92 Å². The van der Waals surface area contributed by atoms with E-state index >= 15 is 0 Å². The van der Waals surface area contributed by atoms with E-state index in [1.165, 1.54) is 10.6 Å². The monoisotopic (exact) mass is 270 g/mol. The van der Waals surface area contributed by atoms with Crippen molar-refractivity contribution >= 4 is 11.3 Å². The van der Waals surface area contributed by atoms with Crippen LogP contribution in [0.15, 0.2) is 0 Å². The van der Waals surface area contributed by atoms with Crippen molar-refractivity contribution < 1.29 is 4.74 Å². The number of ether oxygens (including phenoxy) is 1. The van der Waals surface area contributed by atoms with Gasteiger partial charge in [-0.05, 0) is 41.2 Å². The Morgan fingerprint density at radius 1 is 1.33 bits per heavy atom. The lowest BCUT2D eigenvalue weighted by molar-refractivity contribution is -0.00615. The van der Waals surface area contributed by atoms with E-state index in [9.17, 15) is 0 Å². The van der Waals surface area contributed by atoms with E-state index in [0.717, 1.165) is 17.8 Å². The Balaban J connectivity index is 3.06. The zero-order valence-corrected chi connectivity index (χ0v) is 13.5. The molecular weight excluding hydrogens is 244 g/mol. The number of aryl methyl sites for hydroxylation is 2. The largest absolute Gasteiger partial charge is 0.379 e. The highest BCUT2D eigenvalue weighted by molar-refractivity contribution is 7.11. The summed E-state index contributed by atoms with van der Waals surface area (Å²) in [6.07, 6.45) is 1.89. The Morgan fingerprint density at radius 3 is 2.33 bits per heavy atom. The third-order valence-electron chi connectivity index (χ3n) is 3.58. The highest BCUT2D eigenvalue weighted by Gasteiger charge is 2.35. The van der Waals surface area contributed by atoms with Gasteiger partial charge in [0.05, 0.1) is 16.8 Å². The molecule has 1 aromatic rings. The van der Waals surface area contributed by atoms with Gasteiger partial charge >= 0.3 is 0 Å². The number of aromatic nitrogens is 1. The molecule has 0 spiro atoms. The fourth-order valence-corrected chi connectivity index (χ4v) is 3.34. The maximum atomic E-state index is 5.56. The number of hydrogen-bond acceptors (Lipinski definition) is 4. The molecule has 1 rings (SSSR count). The number of hydrogen-bond donors (Lipinski definition) is 1. The zero-order valence-electron chi connectivity index (χ0n) is 12.7. The second-order valence-corrected chi connectivity index (χ2v) is 6.80. The Bertz CT molecular complexity index is 400. The van der Waals surface area contributed by atoms with Crippen LogP contribution in [0.1, 0.15) is 49.7 Å². The molecule has 0 aliphatic rings. The number of thiazole rings is 1. The quantitative estimate of drug-likeness (QED) is 0.861. The van der Waals surface area contributed by atoms with Crippen LogP contribution in [-0.4, -0.2) is 24.7 Å². The number of rotatable bonds is 6. The molecule has 1 aromatic heterocycles. The summed E-state index contributed by atoms with van der Waals surface area (Å²) in [4.78, 5) is 6.11. The van der Waals surface area contributed by atoms with E-state index < -0.39 is 0 Å². The standard InChI is InChI=1S/C14H26N2OS/c1-8-11-10(2)18-12(16-11)14(5,15-6)9-13(3,4)17-7/h15H,8-9H2,1-7H3. The Labute approximate surface area is 115 Å². The van der Waals surface area contributed by atoms with Crippen molar-refractivity contribution in [2.24, 2.45) is 0 Å². The summed E-state index contributed by atoms with van der Waals surface area (Å²) in [5.74, 6) is 0. The molecule has 0 aliphatic heterocycles. The smallest absolute Gasteiger partial charge is 0.113 e. The molecule has 0 aromatic carbocycles. The third-order valence-corrected chi connectivity index (χ3v) is 4.86. The molecule has 0 aliphatic carbocycles. The zero-order chi connectivity index (χ0) is 14.0. The maximum absolute atomic E-state index is 5.56. The number of methoxy groups -OCH3 is 1. The van der Waals surface area contributed by atoms with Gasteiger partial charge < -0.3 is 10.1 Å². The van der Waals surface area contributed by atoms with Crippen LogP contribution >= 0.6 is 11.3 Å². The van der Waals surface area contributed by atoms with Gasteiger partial charge in [0.15, 0.2) is 0 Å². The molecule has 1 atom stereocenters. The van der Waals surface area contributed by atoms with Gasteiger partial charge in [0, 0.05) is 18.4 Å². The van der Waals surface area contributed by atoms with Gasteiger partial charge in [-0.3, -0.25) is 0 Å². The highest BCUT2D eigenvalue weighted by Crippen LogP contribution is 2.35. The average molecular weight is 270 g/mol. The number of nitrogens with zero attached hydrogens (tertiary/aromatic N) is 1. The van der Waals surface area contributed by atoms with Crippen molar-refractivity contribution in [2.45, 2.75) is 58.6 Å². The third kappa shape index (κ3) is 3.31. The van der Waals surface area contributed by atoms with Gasteiger partial charge in [-0.25, -0.2) is 4.98 Å². The molecule has 0 radical (unpaired) electrons. The molecule has 1 heterocycles. The van der Waals surface area contributed by atoms with Gasteiger partial charge in [0.1, 0.15) is 5.01 Å². The number of nitrogens with one attached hydrogen (secondary N) is 1. The van der Waals surface area contributed by atoms with Crippen LogP contribution in [-0.2, 0) is 16.7 Å². The molecule has 1 N–H and O–H groups in total. The van der Waals surface area contributed by atoms with E-state index in [1.54, 1.807) is 18.4 Å². The lowest BCUT2D eigenvalue weighted by Crippen LogP contribution is -2.43. The van der Waals surface area contributed by atoms with Crippen molar-refractivity contribution in [2.75, 3.05) is 14.2 Å². The van der Waals surface area contributed by atoms with Crippen molar-refractivity contribution in [1.82, 2.24) is 10.3 Å². The molecule has 1 unspecified atom stereocenters. The SMILES string of the molecule is CCc1nc(C(C)(CC(C)(C)OC)NC)sc1C. The molecule has 18 heavy (non-hydrogen) atoms. The van der Waals surface area contributed by atoms with Crippen LogP contribution in [0.4, 0.5) is 0 Å². The molecule has 0 fully saturated rings. The first kappa shape index (κ1) is 15.6. The molecule has 104 valence electrons. The second kappa shape index (κ2) is 5.68. The van der Waals surface area contributed by atoms with E-state index in [2.05, 4.69) is 39.9 Å². The summed E-state index contributed by atoms with van der Waals surface area (Å²) in [6.45, 7) is 10.7. The van der Waals surface area contributed by atoms with E-state index in [1.807, 2.05) is 7.05 Å². The van der Waals surface area contributed by atoms with Crippen molar-refractivity contribution in [3.05, 3.63) is 15.6 Å². The average Bonchev–Trinajstić information content (AvgIpc) is 2.70. The summed E-state index contributed by atoms with van der Waals surface area (Å²) in [6, 6.07) is 0. The van der Waals surface area contributed by atoms with Crippen LogP contribution in [0.2, 0.25) is 0 Å². The van der Waals surface area contributed by atoms with Crippen LogP contribution in [0.25, 0.3) is 0 Å². The molecule has 0 saturated carbocycles. The van der Waals surface area contributed by atoms with E-state index in [0.29, 0.717) is 0 Å². The summed E-state index contributed by atoms with van der Waals surface area (Å²) < 4.78 is 5.56. The van der Waals surface area contributed by atoms with Crippen LogP contribution in [0, 0.1) is 6.92 Å². The molecule has 3 nitrogen and oxygen atoms in total. The molecule has 0 bridgehead atoms. The van der Waals surface area contributed by atoms with Crippen molar-refractivity contribution in [3.8, 4) is 0 Å². The van der Waals surface area contributed by atoms with Gasteiger partial charge in [-0.2, -0.15) is 0 Å². The first-order valence-electron chi connectivity index (χ1n) is 6.49. The van der Waals surface area contributed by atoms with Gasteiger partial charge in [0.2, 0.25) is 0 Å². The predicted molar refractivity (Wildman–Crippen MR) is 78.3 cm³/mol. The topological polar surface area (TPSA) is 34.1 Å². The Morgan fingerprint density at radius 2 is 1.94 bits per heavy atom. The fourth-order valence-electron chi connectivity index (χ4n) is 2.19. The van der Waals surface area contributed by atoms with Crippen molar-refractivity contribution in [3.63, 3.8) is 0 Å². The van der Waals surface area contributed by atoms with Gasteiger partial charge in [-0.15, -0.1) is 11.3 Å². The minimum absolute atomic E-state index is 0.137. The normalized spacial score (nSPS) is 15.7. The first-order valence-corrected chi connectivity index (χ1v) is 7.30. The maximum Gasteiger partial charge on any atom is 0.113 e. The van der Waals surface area contributed by atoms with Crippen molar-refractivity contribution in [1.29, 1.82) is 0 Å². The van der Waals surface area contributed by atoms with Gasteiger partial charge in [0.25, 0.3) is 0 Å². The summed E-state index contributed by atoms with van der Waals surface area (Å²) in [5, 5.41) is 4.57.